The molecule has 2 unspecified atom stereocenters. The molecule has 0 spiro atoms. The van der Waals surface area contributed by atoms with Crippen molar-refractivity contribution in [3.05, 3.63) is 46.8 Å². The van der Waals surface area contributed by atoms with Crippen LogP contribution < -0.4 is 5.73 Å². The lowest BCUT2D eigenvalue weighted by Crippen LogP contribution is -2.53. The van der Waals surface area contributed by atoms with Crippen molar-refractivity contribution in [2.24, 2.45) is 11.7 Å². The van der Waals surface area contributed by atoms with Crippen molar-refractivity contribution < 1.29 is 4.79 Å². The molecule has 1 fully saturated rings. The smallest absolute Gasteiger partial charge is 0.227 e. The van der Waals surface area contributed by atoms with E-state index in [0.717, 1.165) is 48.3 Å². The van der Waals surface area contributed by atoms with Gasteiger partial charge < -0.3 is 10.6 Å². The number of halogens is 1. The minimum atomic E-state index is -0.404. The van der Waals surface area contributed by atoms with E-state index in [9.17, 15) is 4.79 Å². The molecule has 1 saturated carbocycles. The van der Waals surface area contributed by atoms with E-state index < -0.39 is 5.54 Å². The van der Waals surface area contributed by atoms with Crippen LogP contribution in [0.25, 0.3) is 5.69 Å². The standard InChI is InChI=1S/C22H32N4O.ClH/c1-15-10-6-7-12-20(15)26-17(3)18(16(2)24-26)14-25(5)21(27)19-11-8-9-13-22(19,4)23;/h6-7,10,12,19H,8-9,11,13-14,23H2,1-5H3;1H. The van der Waals surface area contributed by atoms with Gasteiger partial charge in [-0.2, -0.15) is 5.10 Å². The molecular weight excluding hydrogens is 372 g/mol. The number of benzene rings is 1. The van der Waals surface area contributed by atoms with Crippen LogP contribution in [0.15, 0.2) is 24.3 Å². The van der Waals surface area contributed by atoms with Crippen molar-refractivity contribution in [1.82, 2.24) is 14.7 Å². The summed E-state index contributed by atoms with van der Waals surface area (Å²) in [6.07, 6.45) is 4.00. The Morgan fingerprint density at radius 3 is 2.61 bits per heavy atom. The highest BCUT2D eigenvalue weighted by atomic mass is 35.5. The van der Waals surface area contributed by atoms with Gasteiger partial charge >= 0.3 is 0 Å². The minimum Gasteiger partial charge on any atom is -0.341 e. The first-order valence-electron chi connectivity index (χ1n) is 9.87. The molecule has 0 saturated heterocycles. The van der Waals surface area contributed by atoms with E-state index in [4.69, 9.17) is 10.8 Å². The van der Waals surface area contributed by atoms with Crippen LogP contribution in [0, 0.1) is 26.7 Å². The quantitative estimate of drug-likeness (QED) is 0.834. The van der Waals surface area contributed by atoms with Crippen molar-refractivity contribution in [2.45, 2.75) is 65.5 Å². The summed E-state index contributed by atoms with van der Waals surface area (Å²) in [4.78, 5) is 14.9. The van der Waals surface area contributed by atoms with Gasteiger partial charge in [0, 0.05) is 30.4 Å². The first-order valence-corrected chi connectivity index (χ1v) is 9.87. The predicted molar refractivity (Wildman–Crippen MR) is 116 cm³/mol. The van der Waals surface area contributed by atoms with E-state index >= 15 is 0 Å². The second-order valence-corrected chi connectivity index (χ2v) is 8.35. The molecule has 28 heavy (non-hydrogen) atoms. The zero-order valence-corrected chi connectivity index (χ0v) is 18.5. The zero-order valence-electron chi connectivity index (χ0n) is 17.7. The number of hydrogen-bond donors (Lipinski definition) is 1. The molecule has 1 aromatic carbocycles. The Bertz CT molecular complexity index is 843. The van der Waals surface area contributed by atoms with Crippen LogP contribution >= 0.6 is 12.4 Å². The Morgan fingerprint density at radius 1 is 1.29 bits per heavy atom. The van der Waals surface area contributed by atoms with E-state index in [1.807, 2.05) is 42.6 Å². The normalized spacial score (nSPS) is 21.9. The number of para-hydroxylation sites is 1. The van der Waals surface area contributed by atoms with E-state index in [-0.39, 0.29) is 24.2 Å². The maximum atomic E-state index is 13.1. The third-order valence-corrected chi connectivity index (χ3v) is 6.11. The summed E-state index contributed by atoms with van der Waals surface area (Å²) in [5.74, 6) is 0.0606. The lowest BCUT2D eigenvalue weighted by molar-refractivity contribution is -0.138. The van der Waals surface area contributed by atoms with Gasteiger partial charge in [0.05, 0.1) is 17.3 Å². The van der Waals surface area contributed by atoms with Crippen LogP contribution in [-0.4, -0.2) is 33.2 Å². The monoisotopic (exact) mass is 404 g/mol. The predicted octanol–water partition coefficient (Wildman–Crippen LogP) is 4.09. The molecule has 1 heterocycles. The maximum Gasteiger partial charge on any atom is 0.227 e. The number of nitrogens with zero attached hydrogens (tertiary/aromatic N) is 3. The summed E-state index contributed by atoms with van der Waals surface area (Å²) >= 11 is 0. The molecule has 6 heteroatoms. The molecule has 154 valence electrons. The molecule has 1 aromatic heterocycles. The van der Waals surface area contributed by atoms with Crippen LogP contribution in [0.4, 0.5) is 0 Å². The number of carbonyl (C=O) groups excluding carboxylic acids is 1. The number of amides is 1. The first-order chi connectivity index (χ1) is 12.7. The fraction of sp³-hybridized carbons (Fsp3) is 0.545. The zero-order chi connectivity index (χ0) is 19.8. The second-order valence-electron chi connectivity index (χ2n) is 8.35. The maximum absolute atomic E-state index is 13.1. The molecule has 3 rings (SSSR count). The Hall–Kier alpha value is -1.85. The molecule has 1 aliphatic rings. The van der Waals surface area contributed by atoms with Gasteiger partial charge in [0.2, 0.25) is 5.91 Å². The van der Waals surface area contributed by atoms with Gasteiger partial charge in [0.25, 0.3) is 0 Å². The van der Waals surface area contributed by atoms with Gasteiger partial charge in [-0.25, -0.2) is 4.68 Å². The second kappa shape index (κ2) is 8.66. The third-order valence-electron chi connectivity index (χ3n) is 6.11. The topological polar surface area (TPSA) is 64.2 Å². The highest BCUT2D eigenvalue weighted by Crippen LogP contribution is 2.33. The summed E-state index contributed by atoms with van der Waals surface area (Å²) in [6.45, 7) is 8.77. The van der Waals surface area contributed by atoms with Gasteiger partial charge in [-0.05, 0) is 52.2 Å². The van der Waals surface area contributed by atoms with E-state index in [0.29, 0.717) is 6.54 Å². The first kappa shape index (κ1) is 22.4. The molecule has 1 amide bonds. The molecule has 2 N–H and O–H groups in total. The third kappa shape index (κ3) is 4.26. The lowest BCUT2D eigenvalue weighted by atomic mass is 9.74. The highest BCUT2D eigenvalue weighted by Gasteiger charge is 2.39. The van der Waals surface area contributed by atoms with Crippen molar-refractivity contribution in [1.29, 1.82) is 0 Å². The molecule has 2 aromatic rings. The van der Waals surface area contributed by atoms with Gasteiger partial charge in [0.15, 0.2) is 0 Å². The van der Waals surface area contributed by atoms with Gasteiger partial charge in [0.1, 0.15) is 0 Å². The Kier molecular flexibility index (Phi) is 6.94. The van der Waals surface area contributed by atoms with Crippen LogP contribution in [-0.2, 0) is 11.3 Å². The number of rotatable bonds is 4. The SMILES string of the molecule is Cc1ccccc1-n1nc(C)c(CN(C)C(=O)C2CCCCC2(C)N)c1C.Cl. The molecule has 5 nitrogen and oxygen atoms in total. The minimum absolute atomic E-state index is 0. The van der Waals surface area contributed by atoms with Crippen molar-refractivity contribution >= 4 is 18.3 Å². The average Bonchev–Trinajstić information content (AvgIpc) is 2.89. The Labute approximate surface area is 174 Å². The number of hydrogen-bond acceptors (Lipinski definition) is 3. The van der Waals surface area contributed by atoms with Crippen LogP contribution in [0.2, 0.25) is 0 Å². The fourth-order valence-electron chi connectivity index (χ4n) is 4.28. The van der Waals surface area contributed by atoms with Crippen molar-refractivity contribution in [2.75, 3.05) is 7.05 Å². The Balaban J connectivity index is 0.00000280. The number of aromatic nitrogens is 2. The van der Waals surface area contributed by atoms with Crippen LogP contribution in [0.1, 0.15) is 55.1 Å². The van der Waals surface area contributed by atoms with Crippen LogP contribution in [0.3, 0.4) is 0 Å². The average molecular weight is 405 g/mol. The fourth-order valence-corrected chi connectivity index (χ4v) is 4.28. The van der Waals surface area contributed by atoms with Gasteiger partial charge in [-0.3, -0.25) is 4.79 Å². The summed E-state index contributed by atoms with van der Waals surface area (Å²) in [5.41, 5.74) is 11.5. The number of nitrogens with two attached hydrogens (primary N) is 1. The largest absolute Gasteiger partial charge is 0.341 e. The summed E-state index contributed by atoms with van der Waals surface area (Å²) in [7, 11) is 1.89. The number of carbonyl (C=O) groups is 1. The van der Waals surface area contributed by atoms with Crippen molar-refractivity contribution in [3.8, 4) is 5.69 Å². The Morgan fingerprint density at radius 2 is 1.96 bits per heavy atom. The molecule has 0 radical (unpaired) electrons. The number of aryl methyl sites for hydroxylation is 2. The summed E-state index contributed by atoms with van der Waals surface area (Å²) < 4.78 is 1.99. The van der Waals surface area contributed by atoms with E-state index in [2.05, 4.69) is 26.0 Å². The molecule has 0 bridgehead atoms. The molecule has 0 aliphatic heterocycles. The molecule has 2 atom stereocenters. The molecule has 1 aliphatic carbocycles. The van der Waals surface area contributed by atoms with E-state index in [1.54, 1.807) is 0 Å². The van der Waals surface area contributed by atoms with E-state index in [1.165, 1.54) is 5.56 Å². The summed E-state index contributed by atoms with van der Waals surface area (Å²) in [6, 6.07) is 8.23. The summed E-state index contributed by atoms with van der Waals surface area (Å²) in [5, 5.41) is 4.75. The highest BCUT2D eigenvalue weighted by molar-refractivity contribution is 5.85. The van der Waals surface area contributed by atoms with Gasteiger partial charge in [-0.1, -0.05) is 31.0 Å². The molecular formula is C22H33ClN4O. The van der Waals surface area contributed by atoms with Crippen LogP contribution in [0.5, 0.6) is 0 Å². The van der Waals surface area contributed by atoms with Gasteiger partial charge in [-0.15, -0.1) is 12.4 Å². The lowest BCUT2D eigenvalue weighted by Gasteiger charge is -2.39. The van der Waals surface area contributed by atoms with Crippen molar-refractivity contribution in [3.63, 3.8) is 0 Å².